The van der Waals surface area contributed by atoms with E-state index in [0.717, 1.165) is 32.7 Å². The Balaban J connectivity index is 1.24. The van der Waals surface area contributed by atoms with Gasteiger partial charge in [-0.2, -0.15) is 0 Å². The van der Waals surface area contributed by atoms with Crippen LogP contribution in [-0.2, 0) is 13.0 Å². The van der Waals surface area contributed by atoms with Crippen LogP contribution in [0.3, 0.4) is 0 Å². The number of anilines is 1. The van der Waals surface area contributed by atoms with E-state index in [0.29, 0.717) is 12.1 Å². The summed E-state index contributed by atoms with van der Waals surface area (Å²) in [4.78, 5) is 8.05. The summed E-state index contributed by atoms with van der Waals surface area (Å²) >= 11 is 0. The molecule has 2 heterocycles. The lowest BCUT2D eigenvalue weighted by atomic mass is 9.92. The van der Waals surface area contributed by atoms with Gasteiger partial charge in [0.1, 0.15) is 0 Å². The fraction of sp³-hybridized carbons (Fsp3) is 0.455. The van der Waals surface area contributed by atoms with Gasteiger partial charge in [-0.05, 0) is 66.5 Å². The minimum atomic E-state index is 0.350. The molecule has 3 aromatic rings. The van der Waals surface area contributed by atoms with Crippen LogP contribution in [-0.4, -0.2) is 48.6 Å². The van der Waals surface area contributed by atoms with E-state index < -0.39 is 0 Å². The van der Waals surface area contributed by atoms with E-state index in [2.05, 4.69) is 107 Å². The number of likely N-dealkylation sites (tertiary alicyclic amines) is 1. The van der Waals surface area contributed by atoms with Gasteiger partial charge in [0.25, 0.3) is 0 Å². The Labute approximate surface area is 218 Å². The van der Waals surface area contributed by atoms with Crippen LogP contribution in [0.2, 0.25) is 0 Å². The molecule has 0 unspecified atom stereocenters. The molecule has 3 nitrogen and oxygen atoms in total. The second-order valence-corrected chi connectivity index (χ2v) is 10.7. The zero-order valence-electron chi connectivity index (χ0n) is 22.3. The van der Waals surface area contributed by atoms with E-state index in [1.54, 1.807) is 11.1 Å². The summed E-state index contributed by atoms with van der Waals surface area (Å²) in [5.41, 5.74) is 7.36. The molecule has 2 aliphatic rings. The maximum atomic E-state index is 2.77. The van der Waals surface area contributed by atoms with Gasteiger partial charge >= 0.3 is 0 Å². The van der Waals surface area contributed by atoms with Gasteiger partial charge in [-0.1, -0.05) is 80.6 Å². The van der Waals surface area contributed by atoms with Crippen molar-refractivity contribution in [2.24, 2.45) is 0 Å². The highest BCUT2D eigenvalue weighted by molar-refractivity contribution is 5.51. The Morgan fingerprint density at radius 3 is 1.94 bits per heavy atom. The van der Waals surface area contributed by atoms with Crippen LogP contribution in [0.1, 0.15) is 67.8 Å². The van der Waals surface area contributed by atoms with E-state index in [1.165, 1.54) is 55.5 Å². The van der Waals surface area contributed by atoms with Crippen molar-refractivity contribution in [2.75, 3.05) is 37.6 Å². The molecule has 1 saturated heterocycles. The minimum Gasteiger partial charge on any atom is -0.372 e. The molecule has 0 amide bonds. The Kier molecular flexibility index (Phi) is 8.40. The second kappa shape index (κ2) is 12.1. The smallest absolute Gasteiger partial charge is 0.0601 e. The number of piperidine rings is 1. The molecular weight excluding hydrogens is 438 g/mol. The van der Waals surface area contributed by atoms with Crippen molar-refractivity contribution >= 4 is 5.69 Å². The Morgan fingerprint density at radius 2 is 1.36 bits per heavy atom. The van der Waals surface area contributed by atoms with Gasteiger partial charge in [0.2, 0.25) is 0 Å². The van der Waals surface area contributed by atoms with E-state index in [-0.39, 0.29) is 0 Å². The summed E-state index contributed by atoms with van der Waals surface area (Å²) in [6.07, 6.45) is 6.11. The number of benzene rings is 3. The van der Waals surface area contributed by atoms with Crippen molar-refractivity contribution in [3.8, 4) is 0 Å². The van der Waals surface area contributed by atoms with Gasteiger partial charge in [0.05, 0.1) is 6.04 Å². The van der Waals surface area contributed by atoms with Gasteiger partial charge in [-0.3, -0.25) is 9.80 Å². The largest absolute Gasteiger partial charge is 0.372 e. The van der Waals surface area contributed by atoms with Crippen LogP contribution < -0.4 is 4.90 Å². The van der Waals surface area contributed by atoms with Gasteiger partial charge in [0, 0.05) is 51.0 Å². The first-order chi connectivity index (χ1) is 17.8. The lowest BCUT2D eigenvalue weighted by Crippen LogP contribution is -2.47. The van der Waals surface area contributed by atoms with Crippen LogP contribution in [0, 0.1) is 0 Å². The standard InChI is InChI=1S/C33H43N3/c1-3-20-34(21-4-2)32-16-15-30-26-36(22-17-29(30)25-32)31-18-23-35(24-19-31)33(27-11-7-5-8-12-27)28-13-9-6-10-14-28/h5-16,25,31,33H,3-4,17-24,26H2,1-2H3. The molecule has 5 rings (SSSR count). The van der Waals surface area contributed by atoms with Crippen LogP contribution in [0.15, 0.2) is 78.9 Å². The summed E-state index contributed by atoms with van der Waals surface area (Å²) in [5.74, 6) is 0. The molecule has 0 radical (unpaired) electrons. The zero-order chi connectivity index (χ0) is 24.7. The molecule has 190 valence electrons. The third-order valence-electron chi connectivity index (χ3n) is 8.20. The molecule has 36 heavy (non-hydrogen) atoms. The minimum absolute atomic E-state index is 0.350. The molecule has 3 aromatic carbocycles. The summed E-state index contributed by atoms with van der Waals surface area (Å²) in [6.45, 7) is 11.5. The average molecular weight is 482 g/mol. The van der Waals surface area contributed by atoms with Crippen molar-refractivity contribution in [1.29, 1.82) is 0 Å². The zero-order valence-corrected chi connectivity index (χ0v) is 22.3. The first-order valence-electron chi connectivity index (χ1n) is 14.2. The summed E-state index contributed by atoms with van der Waals surface area (Å²) in [5, 5.41) is 0. The lowest BCUT2D eigenvalue weighted by molar-refractivity contribution is 0.0843. The fourth-order valence-corrected chi connectivity index (χ4v) is 6.37. The quantitative estimate of drug-likeness (QED) is 0.328. The molecule has 0 aromatic heterocycles. The molecule has 2 aliphatic heterocycles. The monoisotopic (exact) mass is 481 g/mol. The van der Waals surface area contributed by atoms with Crippen LogP contribution in [0.4, 0.5) is 5.69 Å². The topological polar surface area (TPSA) is 9.72 Å². The van der Waals surface area contributed by atoms with Crippen molar-refractivity contribution in [3.63, 3.8) is 0 Å². The predicted molar refractivity (Wildman–Crippen MR) is 153 cm³/mol. The molecule has 1 fully saturated rings. The van der Waals surface area contributed by atoms with E-state index in [4.69, 9.17) is 0 Å². The molecular formula is C33H43N3. The van der Waals surface area contributed by atoms with E-state index >= 15 is 0 Å². The van der Waals surface area contributed by atoms with Crippen molar-refractivity contribution in [2.45, 2.75) is 64.6 Å². The molecule has 0 N–H and O–H groups in total. The van der Waals surface area contributed by atoms with E-state index in [1.807, 2.05) is 0 Å². The van der Waals surface area contributed by atoms with Gasteiger partial charge < -0.3 is 4.90 Å². The highest BCUT2D eigenvalue weighted by atomic mass is 15.2. The highest BCUT2D eigenvalue weighted by Gasteiger charge is 2.31. The molecule has 0 atom stereocenters. The van der Waals surface area contributed by atoms with Gasteiger partial charge in [-0.15, -0.1) is 0 Å². The van der Waals surface area contributed by atoms with Crippen LogP contribution in [0.25, 0.3) is 0 Å². The summed E-state index contributed by atoms with van der Waals surface area (Å²) in [6, 6.07) is 30.5. The fourth-order valence-electron chi connectivity index (χ4n) is 6.37. The number of nitrogens with zero attached hydrogens (tertiary/aromatic N) is 3. The number of hydrogen-bond acceptors (Lipinski definition) is 3. The summed E-state index contributed by atoms with van der Waals surface area (Å²) < 4.78 is 0. The van der Waals surface area contributed by atoms with Gasteiger partial charge in [-0.25, -0.2) is 0 Å². The van der Waals surface area contributed by atoms with Gasteiger partial charge in [0.15, 0.2) is 0 Å². The average Bonchev–Trinajstić information content (AvgIpc) is 2.94. The predicted octanol–water partition coefficient (Wildman–Crippen LogP) is 6.93. The van der Waals surface area contributed by atoms with Crippen LogP contribution in [0.5, 0.6) is 0 Å². The summed E-state index contributed by atoms with van der Waals surface area (Å²) in [7, 11) is 0. The maximum absolute atomic E-state index is 2.77. The number of fused-ring (bicyclic) bond motifs is 1. The third kappa shape index (κ3) is 5.68. The molecule has 3 heteroatoms. The normalized spacial score (nSPS) is 17.3. The first kappa shape index (κ1) is 25.0. The Hall–Kier alpha value is -2.62. The maximum Gasteiger partial charge on any atom is 0.0601 e. The molecule has 0 saturated carbocycles. The second-order valence-electron chi connectivity index (χ2n) is 10.7. The lowest BCUT2D eigenvalue weighted by Gasteiger charge is -2.43. The van der Waals surface area contributed by atoms with Crippen molar-refractivity contribution in [3.05, 3.63) is 101 Å². The van der Waals surface area contributed by atoms with E-state index in [9.17, 15) is 0 Å². The third-order valence-corrected chi connectivity index (χ3v) is 8.20. The van der Waals surface area contributed by atoms with Crippen molar-refractivity contribution < 1.29 is 0 Å². The number of rotatable bonds is 9. The molecule has 0 bridgehead atoms. The van der Waals surface area contributed by atoms with Crippen LogP contribution >= 0.6 is 0 Å². The molecule has 0 spiro atoms. The SMILES string of the molecule is CCCN(CCC)c1ccc2c(c1)CCN(C1CCN(C(c3ccccc3)c3ccccc3)CC1)C2. The Bertz CT molecular complexity index is 1030. The highest BCUT2D eigenvalue weighted by Crippen LogP contribution is 2.33. The Morgan fingerprint density at radius 1 is 0.750 bits per heavy atom. The first-order valence-corrected chi connectivity index (χ1v) is 14.2. The van der Waals surface area contributed by atoms with Crippen molar-refractivity contribution in [1.82, 2.24) is 9.80 Å². The molecule has 0 aliphatic carbocycles. The number of hydrogen-bond donors (Lipinski definition) is 0.